The van der Waals surface area contributed by atoms with Crippen molar-refractivity contribution in [3.63, 3.8) is 0 Å². The Hall–Kier alpha value is -0.620. The molecule has 0 radical (unpaired) electrons. The smallest absolute Gasteiger partial charge is 0.314 e. The number of thiocarbonyl (C=S) groups is 1. The summed E-state index contributed by atoms with van der Waals surface area (Å²) in [5, 5.41) is 17.2. The minimum absolute atomic E-state index is 0.0134. The maximum Gasteiger partial charge on any atom is 0.314 e. The first-order chi connectivity index (χ1) is 6.28. The summed E-state index contributed by atoms with van der Waals surface area (Å²) in [5.74, 6) is -1.59. The van der Waals surface area contributed by atoms with Crippen LogP contribution in [0.15, 0.2) is 0 Å². The van der Waals surface area contributed by atoms with E-state index in [0.29, 0.717) is 9.95 Å². The molecule has 14 heavy (non-hydrogen) atoms. The van der Waals surface area contributed by atoms with Crippen molar-refractivity contribution >= 4 is 40.1 Å². The summed E-state index contributed by atoms with van der Waals surface area (Å²) in [6.07, 6.45) is -0.0134. The highest BCUT2D eigenvalue weighted by Crippen LogP contribution is 2.26. The summed E-state index contributed by atoms with van der Waals surface area (Å²) >= 11 is 6.02. The highest BCUT2D eigenvalue weighted by atomic mass is 32.2. The van der Waals surface area contributed by atoms with Crippen LogP contribution < -0.4 is 0 Å². The molecule has 0 unspecified atom stereocenters. The minimum atomic E-state index is -1.08. The van der Waals surface area contributed by atoms with Crippen LogP contribution in [0.5, 0.6) is 0 Å². The zero-order chi connectivity index (χ0) is 11.4. The van der Waals surface area contributed by atoms with Crippen LogP contribution in [0.4, 0.5) is 0 Å². The molecule has 0 saturated carbocycles. The molecule has 0 amide bonds. The van der Waals surface area contributed by atoms with Crippen molar-refractivity contribution in [2.45, 2.75) is 20.3 Å². The van der Waals surface area contributed by atoms with Crippen LogP contribution in [0.2, 0.25) is 0 Å². The van der Waals surface area contributed by atoms with Gasteiger partial charge in [-0.05, 0) is 13.8 Å². The Bertz CT molecular complexity index is 260. The number of hydrogen-bond acceptors (Lipinski definition) is 4. The lowest BCUT2D eigenvalue weighted by Gasteiger charge is -2.19. The lowest BCUT2D eigenvalue weighted by molar-refractivity contribution is -0.143. The molecule has 0 aliphatic carbocycles. The second kappa shape index (κ2) is 5.31. The van der Waals surface area contributed by atoms with Gasteiger partial charge in [-0.3, -0.25) is 9.59 Å². The van der Waals surface area contributed by atoms with Crippen LogP contribution in [0.3, 0.4) is 0 Å². The van der Waals surface area contributed by atoms with Gasteiger partial charge in [0.2, 0.25) is 0 Å². The van der Waals surface area contributed by atoms with Gasteiger partial charge in [0, 0.05) is 5.75 Å². The molecule has 0 aromatic rings. The fourth-order valence-electron chi connectivity index (χ4n) is 0.499. The summed E-state index contributed by atoms with van der Waals surface area (Å²) < 4.78 is 0.311. The van der Waals surface area contributed by atoms with E-state index in [1.807, 2.05) is 0 Å². The van der Waals surface area contributed by atoms with Gasteiger partial charge < -0.3 is 10.2 Å². The van der Waals surface area contributed by atoms with E-state index in [9.17, 15) is 9.59 Å². The molecule has 80 valence electrons. The van der Waals surface area contributed by atoms with Gasteiger partial charge in [-0.1, -0.05) is 12.2 Å². The first-order valence-electron chi connectivity index (χ1n) is 3.91. The number of thioether (sulfide) groups is 1. The SMILES string of the molecule is CC(C)(C(=O)O)C(=S)SCCC(=O)O. The number of hydrogen-bond donors (Lipinski definition) is 2. The number of carboxylic acid groups (broad SMARTS) is 2. The van der Waals surface area contributed by atoms with E-state index in [4.69, 9.17) is 22.4 Å². The molecule has 0 spiro atoms. The average Bonchev–Trinajstić information content (AvgIpc) is 2.02. The van der Waals surface area contributed by atoms with Crippen LogP contribution in [-0.2, 0) is 9.59 Å². The summed E-state index contributed by atoms with van der Waals surface area (Å²) in [5.41, 5.74) is -1.08. The van der Waals surface area contributed by atoms with Crippen molar-refractivity contribution in [1.29, 1.82) is 0 Å². The van der Waals surface area contributed by atoms with Gasteiger partial charge in [-0.2, -0.15) is 0 Å². The number of rotatable bonds is 5. The molecule has 0 aromatic heterocycles. The second-order valence-corrected chi connectivity index (χ2v) is 4.98. The minimum Gasteiger partial charge on any atom is -0.481 e. The van der Waals surface area contributed by atoms with Gasteiger partial charge in [-0.15, -0.1) is 11.8 Å². The molecule has 0 aromatic carbocycles. The summed E-state index contributed by atoms with van der Waals surface area (Å²) in [6, 6.07) is 0. The third-order valence-corrected chi connectivity index (χ3v) is 3.64. The third-order valence-electron chi connectivity index (χ3n) is 1.59. The molecule has 0 aliphatic rings. The first kappa shape index (κ1) is 13.4. The molecule has 0 rings (SSSR count). The fraction of sp³-hybridized carbons (Fsp3) is 0.625. The quantitative estimate of drug-likeness (QED) is 0.707. The number of carbonyl (C=O) groups is 2. The molecule has 0 aliphatic heterocycles. The molecule has 2 N–H and O–H groups in total. The van der Waals surface area contributed by atoms with E-state index in [0.717, 1.165) is 11.8 Å². The van der Waals surface area contributed by atoms with Gasteiger partial charge in [0.25, 0.3) is 0 Å². The predicted octanol–water partition coefficient (Wildman–Crippen LogP) is 1.63. The maximum absolute atomic E-state index is 10.7. The second-order valence-electron chi connectivity index (χ2n) is 3.21. The average molecular weight is 236 g/mol. The molecular weight excluding hydrogens is 224 g/mol. The Kier molecular flexibility index (Phi) is 5.07. The molecule has 0 heterocycles. The Morgan fingerprint density at radius 3 is 2.21 bits per heavy atom. The van der Waals surface area contributed by atoms with Crippen molar-refractivity contribution in [2.24, 2.45) is 5.41 Å². The Morgan fingerprint density at radius 1 is 1.36 bits per heavy atom. The number of aliphatic carboxylic acids is 2. The van der Waals surface area contributed by atoms with Crippen molar-refractivity contribution in [3.8, 4) is 0 Å². The van der Waals surface area contributed by atoms with Crippen molar-refractivity contribution in [3.05, 3.63) is 0 Å². The standard InChI is InChI=1S/C8H12O4S2/c1-8(2,6(11)12)7(13)14-4-3-5(9)10/h3-4H2,1-2H3,(H,9,10)(H,11,12). The van der Waals surface area contributed by atoms with Crippen molar-refractivity contribution in [2.75, 3.05) is 5.75 Å². The lowest BCUT2D eigenvalue weighted by Crippen LogP contribution is -2.30. The Balaban J connectivity index is 4.09. The van der Waals surface area contributed by atoms with Crippen LogP contribution >= 0.6 is 24.0 Å². The van der Waals surface area contributed by atoms with Crippen molar-refractivity contribution < 1.29 is 19.8 Å². The zero-order valence-corrected chi connectivity index (χ0v) is 9.57. The summed E-state index contributed by atoms with van der Waals surface area (Å²) in [4.78, 5) is 20.9. The molecule has 0 fully saturated rings. The molecule has 4 nitrogen and oxygen atoms in total. The van der Waals surface area contributed by atoms with Gasteiger partial charge in [0.05, 0.1) is 10.6 Å². The van der Waals surface area contributed by atoms with Crippen LogP contribution in [0.1, 0.15) is 20.3 Å². The molecular formula is C8H12O4S2. The summed E-state index contributed by atoms with van der Waals surface area (Å²) in [7, 11) is 0. The Labute approximate surface area is 91.7 Å². The third kappa shape index (κ3) is 4.06. The fourth-order valence-corrected chi connectivity index (χ4v) is 1.75. The Morgan fingerprint density at radius 2 is 1.86 bits per heavy atom. The van der Waals surface area contributed by atoms with Gasteiger partial charge in [-0.25, -0.2) is 0 Å². The van der Waals surface area contributed by atoms with Crippen LogP contribution in [0, 0.1) is 5.41 Å². The van der Waals surface area contributed by atoms with Gasteiger partial charge in [0.15, 0.2) is 0 Å². The van der Waals surface area contributed by atoms with Crippen LogP contribution in [0.25, 0.3) is 0 Å². The normalized spacial score (nSPS) is 11.0. The van der Waals surface area contributed by atoms with E-state index in [2.05, 4.69) is 0 Å². The van der Waals surface area contributed by atoms with E-state index in [1.54, 1.807) is 0 Å². The topological polar surface area (TPSA) is 74.6 Å². The zero-order valence-electron chi connectivity index (χ0n) is 7.94. The van der Waals surface area contributed by atoms with Gasteiger partial charge >= 0.3 is 11.9 Å². The highest BCUT2D eigenvalue weighted by molar-refractivity contribution is 8.23. The highest BCUT2D eigenvalue weighted by Gasteiger charge is 2.32. The number of carboxylic acids is 2. The van der Waals surface area contributed by atoms with E-state index in [-0.39, 0.29) is 6.42 Å². The molecule has 0 bridgehead atoms. The van der Waals surface area contributed by atoms with E-state index < -0.39 is 17.4 Å². The maximum atomic E-state index is 10.7. The molecule has 6 heteroatoms. The predicted molar refractivity (Wildman–Crippen MR) is 58.7 cm³/mol. The summed E-state index contributed by atoms with van der Waals surface area (Å²) in [6.45, 7) is 3.01. The van der Waals surface area contributed by atoms with Gasteiger partial charge in [0.1, 0.15) is 5.41 Å². The van der Waals surface area contributed by atoms with E-state index in [1.165, 1.54) is 13.8 Å². The van der Waals surface area contributed by atoms with E-state index >= 15 is 0 Å². The molecule has 0 atom stereocenters. The van der Waals surface area contributed by atoms with Crippen LogP contribution in [-0.4, -0.2) is 32.1 Å². The van der Waals surface area contributed by atoms with Crippen molar-refractivity contribution in [1.82, 2.24) is 0 Å². The first-order valence-corrected chi connectivity index (χ1v) is 5.30. The monoisotopic (exact) mass is 236 g/mol. The molecule has 0 saturated heterocycles. The lowest BCUT2D eigenvalue weighted by atomic mass is 9.97. The largest absolute Gasteiger partial charge is 0.481 e.